The molecule has 0 aliphatic rings. The number of hydrogen-bond donors (Lipinski definition) is 2. The SMILES string of the molecule is CNCCCn1cc(S(=O)(=O)Nc2ccn(C)n2)cn1. The molecule has 2 aromatic rings. The van der Waals surface area contributed by atoms with Crippen LogP contribution in [0.3, 0.4) is 0 Å². The monoisotopic (exact) mass is 298 g/mol. The van der Waals surface area contributed by atoms with Crippen LogP contribution in [0.1, 0.15) is 6.42 Å². The van der Waals surface area contributed by atoms with E-state index in [1.807, 2.05) is 7.05 Å². The molecule has 0 aromatic carbocycles. The maximum Gasteiger partial charge on any atom is 0.266 e. The Balaban J connectivity index is 2.06. The van der Waals surface area contributed by atoms with Crippen molar-refractivity contribution in [2.75, 3.05) is 18.3 Å². The van der Waals surface area contributed by atoms with E-state index in [0.29, 0.717) is 6.54 Å². The van der Waals surface area contributed by atoms with E-state index in [1.54, 1.807) is 24.0 Å². The Bertz CT molecular complexity index is 660. The summed E-state index contributed by atoms with van der Waals surface area (Å²) in [6.07, 6.45) is 5.40. The molecular weight excluding hydrogens is 280 g/mol. The van der Waals surface area contributed by atoms with Crippen LogP contribution in [0, 0.1) is 0 Å². The first kappa shape index (κ1) is 14.5. The number of aromatic nitrogens is 4. The normalized spacial score (nSPS) is 11.7. The lowest BCUT2D eigenvalue weighted by atomic mass is 10.4. The van der Waals surface area contributed by atoms with E-state index in [-0.39, 0.29) is 10.7 Å². The van der Waals surface area contributed by atoms with Gasteiger partial charge >= 0.3 is 0 Å². The summed E-state index contributed by atoms with van der Waals surface area (Å²) in [4.78, 5) is 0.132. The van der Waals surface area contributed by atoms with Crippen LogP contribution in [0.2, 0.25) is 0 Å². The van der Waals surface area contributed by atoms with Crippen molar-refractivity contribution in [3.05, 3.63) is 24.7 Å². The number of rotatable bonds is 7. The highest BCUT2D eigenvalue weighted by Crippen LogP contribution is 2.13. The van der Waals surface area contributed by atoms with Crippen LogP contribution in [0.15, 0.2) is 29.6 Å². The van der Waals surface area contributed by atoms with Crippen LogP contribution < -0.4 is 10.0 Å². The molecule has 0 saturated heterocycles. The molecule has 0 amide bonds. The quantitative estimate of drug-likeness (QED) is 0.703. The van der Waals surface area contributed by atoms with Crippen molar-refractivity contribution in [3.8, 4) is 0 Å². The van der Waals surface area contributed by atoms with Gasteiger partial charge in [0.05, 0.1) is 6.20 Å². The summed E-state index contributed by atoms with van der Waals surface area (Å²) < 4.78 is 29.8. The Morgan fingerprint density at radius 2 is 2.20 bits per heavy atom. The average Bonchev–Trinajstić information content (AvgIpc) is 2.99. The summed E-state index contributed by atoms with van der Waals surface area (Å²) in [6.45, 7) is 1.52. The second-order valence-electron chi connectivity index (χ2n) is 4.38. The van der Waals surface area contributed by atoms with Crippen molar-refractivity contribution in [3.63, 3.8) is 0 Å². The largest absolute Gasteiger partial charge is 0.320 e. The molecule has 0 bridgehead atoms. The van der Waals surface area contributed by atoms with E-state index in [0.717, 1.165) is 13.0 Å². The third kappa shape index (κ3) is 3.58. The van der Waals surface area contributed by atoms with Gasteiger partial charge in [-0.05, 0) is 20.0 Å². The van der Waals surface area contributed by atoms with Crippen LogP contribution in [0.5, 0.6) is 0 Å². The molecule has 2 aromatic heterocycles. The number of nitrogens with zero attached hydrogens (tertiary/aromatic N) is 4. The van der Waals surface area contributed by atoms with Gasteiger partial charge in [-0.25, -0.2) is 8.42 Å². The van der Waals surface area contributed by atoms with Crippen molar-refractivity contribution in [2.45, 2.75) is 17.9 Å². The fraction of sp³-hybridized carbons (Fsp3) is 0.455. The summed E-state index contributed by atoms with van der Waals surface area (Å²) in [5, 5.41) is 11.1. The fourth-order valence-electron chi connectivity index (χ4n) is 1.69. The first-order valence-electron chi connectivity index (χ1n) is 6.21. The highest BCUT2D eigenvalue weighted by molar-refractivity contribution is 7.92. The van der Waals surface area contributed by atoms with Gasteiger partial charge in [0, 0.05) is 32.1 Å². The Morgan fingerprint density at radius 3 is 2.85 bits per heavy atom. The summed E-state index contributed by atoms with van der Waals surface area (Å²) in [6, 6.07) is 1.59. The Hall–Kier alpha value is -1.87. The van der Waals surface area contributed by atoms with Gasteiger partial charge in [-0.2, -0.15) is 10.2 Å². The first-order valence-corrected chi connectivity index (χ1v) is 7.69. The molecule has 0 saturated carbocycles. The van der Waals surface area contributed by atoms with Crippen LogP contribution in [0.25, 0.3) is 0 Å². The lowest BCUT2D eigenvalue weighted by Gasteiger charge is -2.02. The zero-order valence-electron chi connectivity index (χ0n) is 11.4. The topological polar surface area (TPSA) is 93.8 Å². The Morgan fingerprint density at radius 1 is 1.40 bits per heavy atom. The van der Waals surface area contributed by atoms with Crippen LogP contribution in [0.4, 0.5) is 5.82 Å². The molecule has 0 aliphatic heterocycles. The van der Waals surface area contributed by atoms with Gasteiger partial charge in [-0.3, -0.25) is 14.1 Å². The number of nitrogens with one attached hydrogen (secondary N) is 2. The van der Waals surface area contributed by atoms with Gasteiger partial charge in [0.15, 0.2) is 5.82 Å². The molecule has 110 valence electrons. The van der Waals surface area contributed by atoms with Gasteiger partial charge in [-0.15, -0.1) is 0 Å². The molecule has 2 rings (SSSR count). The number of hydrogen-bond acceptors (Lipinski definition) is 5. The van der Waals surface area contributed by atoms with E-state index < -0.39 is 10.0 Å². The first-order chi connectivity index (χ1) is 9.51. The summed E-state index contributed by atoms with van der Waals surface area (Å²) in [5.74, 6) is 0.287. The van der Waals surface area contributed by atoms with Gasteiger partial charge in [-0.1, -0.05) is 0 Å². The minimum atomic E-state index is -3.63. The van der Waals surface area contributed by atoms with Gasteiger partial charge < -0.3 is 5.32 Å². The Labute approximate surface area is 117 Å². The molecule has 0 aliphatic carbocycles. The van der Waals surface area contributed by atoms with Gasteiger partial charge in [0.1, 0.15) is 4.90 Å². The molecule has 0 spiro atoms. The molecule has 0 radical (unpaired) electrons. The minimum Gasteiger partial charge on any atom is -0.320 e. The van der Waals surface area contributed by atoms with E-state index in [9.17, 15) is 8.42 Å². The van der Waals surface area contributed by atoms with Gasteiger partial charge in [0.25, 0.3) is 10.0 Å². The smallest absolute Gasteiger partial charge is 0.266 e. The lowest BCUT2D eigenvalue weighted by molar-refractivity contribution is 0.561. The number of sulfonamides is 1. The van der Waals surface area contributed by atoms with Crippen molar-refractivity contribution in [2.24, 2.45) is 7.05 Å². The summed E-state index contributed by atoms with van der Waals surface area (Å²) >= 11 is 0. The second kappa shape index (κ2) is 6.06. The molecular formula is C11H18N6O2S. The molecule has 2 N–H and O–H groups in total. The average molecular weight is 298 g/mol. The standard InChI is InChI=1S/C11H18N6O2S/c1-12-5-3-6-17-9-10(8-13-17)20(18,19)15-11-4-7-16(2)14-11/h4,7-9,12H,3,5-6H2,1-2H3,(H,14,15). The summed E-state index contributed by atoms with van der Waals surface area (Å²) in [7, 11) is -0.0439. The molecule has 2 heterocycles. The number of anilines is 1. The van der Waals surface area contributed by atoms with E-state index in [1.165, 1.54) is 17.1 Å². The zero-order valence-corrected chi connectivity index (χ0v) is 12.3. The Kier molecular flexibility index (Phi) is 4.40. The summed E-state index contributed by atoms with van der Waals surface area (Å²) in [5.41, 5.74) is 0. The fourth-order valence-corrected chi connectivity index (χ4v) is 2.64. The molecule has 9 heteroatoms. The molecule has 8 nitrogen and oxygen atoms in total. The zero-order chi connectivity index (χ0) is 14.6. The number of aryl methyl sites for hydroxylation is 2. The minimum absolute atomic E-state index is 0.132. The predicted octanol–water partition coefficient (Wildman–Crippen LogP) is 0.0269. The van der Waals surface area contributed by atoms with Crippen molar-refractivity contribution in [1.29, 1.82) is 0 Å². The maximum absolute atomic E-state index is 12.1. The van der Waals surface area contributed by atoms with Crippen molar-refractivity contribution in [1.82, 2.24) is 24.9 Å². The van der Waals surface area contributed by atoms with Crippen molar-refractivity contribution < 1.29 is 8.42 Å². The van der Waals surface area contributed by atoms with Crippen LogP contribution in [-0.4, -0.2) is 41.6 Å². The molecule has 0 fully saturated rings. The highest BCUT2D eigenvalue weighted by Gasteiger charge is 2.17. The third-order valence-corrected chi connectivity index (χ3v) is 4.00. The highest BCUT2D eigenvalue weighted by atomic mass is 32.2. The third-order valence-electron chi connectivity index (χ3n) is 2.69. The molecule has 20 heavy (non-hydrogen) atoms. The van der Waals surface area contributed by atoms with Gasteiger partial charge in [0.2, 0.25) is 0 Å². The van der Waals surface area contributed by atoms with E-state index in [4.69, 9.17) is 0 Å². The molecule has 0 atom stereocenters. The second-order valence-corrected chi connectivity index (χ2v) is 6.06. The predicted molar refractivity (Wildman–Crippen MR) is 74.8 cm³/mol. The molecule has 0 unspecified atom stereocenters. The van der Waals surface area contributed by atoms with Crippen molar-refractivity contribution >= 4 is 15.8 Å². The lowest BCUT2D eigenvalue weighted by Crippen LogP contribution is -2.13. The van der Waals surface area contributed by atoms with Crippen LogP contribution >= 0.6 is 0 Å². The van der Waals surface area contributed by atoms with E-state index >= 15 is 0 Å². The van der Waals surface area contributed by atoms with E-state index in [2.05, 4.69) is 20.2 Å². The van der Waals surface area contributed by atoms with Crippen LogP contribution in [-0.2, 0) is 23.6 Å². The maximum atomic E-state index is 12.1.